The molecule has 1 atom stereocenters. The molecule has 1 aliphatic heterocycles. The van der Waals surface area contributed by atoms with E-state index >= 15 is 0 Å². The van der Waals surface area contributed by atoms with Crippen LogP contribution in [0.4, 0.5) is 11.5 Å². The Morgan fingerprint density at radius 3 is 2.86 bits per heavy atom. The molecule has 1 aromatic carbocycles. The fourth-order valence-corrected chi connectivity index (χ4v) is 3.64. The number of amides is 1. The number of ether oxygens (including phenoxy) is 1. The van der Waals surface area contributed by atoms with E-state index in [1.807, 2.05) is 38.4 Å². The van der Waals surface area contributed by atoms with Crippen LogP contribution in [0.3, 0.4) is 0 Å². The van der Waals surface area contributed by atoms with Crippen LogP contribution in [0.1, 0.15) is 35.7 Å². The average Bonchev–Trinajstić information content (AvgIpc) is 2.68. The summed E-state index contributed by atoms with van der Waals surface area (Å²) >= 11 is 0. The molecule has 0 radical (unpaired) electrons. The molecule has 1 saturated heterocycles. The number of hydrogen-bond acceptors (Lipinski definition) is 5. The molecular formula is C22H30N4O2. The molecule has 2 heterocycles. The second-order valence-electron chi connectivity index (χ2n) is 7.82. The van der Waals surface area contributed by atoms with Gasteiger partial charge in [-0.25, -0.2) is 4.98 Å². The molecule has 0 spiro atoms. The van der Waals surface area contributed by atoms with Crippen molar-refractivity contribution < 1.29 is 9.53 Å². The maximum Gasteiger partial charge on any atom is 0.255 e. The molecule has 1 fully saturated rings. The van der Waals surface area contributed by atoms with E-state index in [0.717, 1.165) is 37.4 Å². The second-order valence-corrected chi connectivity index (χ2v) is 7.82. The highest BCUT2D eigenvalue weighted by molar-refractivity contribution is 6.05. The van der Waals surface area contributed by atoms with Gasteiger partial charge in [0.25, 0.3) is 5.91 Å². The second kappa shape index (κ2) is 9.06. The Labute approximate surface area is 167 Å². The van der Waals surface area contributed by atoms with Gasteiger partial charge in [-0.2, -0.15) is 0 Å². The summed E-state index contributed by atoms with van der Waals surface area (Å²) in [7, 11) is 5.64. The minimum atomic E-state index is -0.158. The van der Waals surface area contributed by atoms with Crippen LogP contribution < -0.4 is 15.0 Å². The number of nitrogens with zero attached hydrogens (tertiary/aromatic N) is 3. The number of hydrogen-bond donors (Lipinski definition) is 1. The molecule has 0 saturated carbocycles. The summed E-state index contributed by atoms with van der Waals surface area (Å²) in [5.74, 6) is 2.01. The van der Waals surface area contributed by atoms with Gasteiger partial charge in [0, 0.05) is 31.4 Å². The van der Waals surface area contributed by atoms with E-state index < -0.39 is 0 Å². The summed E-state index contributed by atoms with van der Waals surface area (Å²) in [5, 5.41) is 3.00. The number of rotatable bonds is 6. The molecule has 150 valence electrons. The first-order chi connectivity index (χ1) is 13.5. The van der Waals surface area contributed by atoms with Crippen LogP contribution in [-0.2, 0) is 6.54 Å². The summed E-state index contributed by atoms with van der Waals surface area (Å²) in [5.41, 5.74) is 2.39. The topological polar surface area (TPSA) is 57.7 Å². The predicted octanol–water partition coefficient (Wildman–Crippen LogP) is 3.64. The lowest BCUT2D eigenvalue weighted by molar-refractivity contribution is 0.102. The zero-order chi connectivity index (χ0) is 20.1. The smallest absolute Gasteiger partial charge is 0.255 e. The Balaban J connectivity index is 1.78. The van der Waals surface area contributed by atoms with Crippen LogP contribution in [0.25, 0.3) is 0 Å². The lowest BCUT2D eigenvalue weighted by Gasteiger charge is -2.31. The molecule has 1 aliphatic rings. The number of aromatic nitrogens is 1. The van der Waals surface area contributed by atoms with Gasteiger partial charge in [0.2, 0.25) is 0 Å². The standard InChI is InChI=1S/C22H30N4O2/c1-16-6-5-11-26(14-16)21-13-18(9-10-23-21)22(27)24-19-12-17(15-25(2)3)7-8-20(19)28-4/h7-10,12-13,16H,5-6,11,14-15H2,1-4H3,(H,24,27). The van der Waals surface area contributed by atoms with Crippen molar-refractivity contribution in [1.82, 2.24) is 9.88 Å². The van der Waals surface area contributed by atoms with Crippen molar-refractivity contribution >= 4 is 17.4 Å². The van der Waals surface area contributed by atoms with Crippen molar-refractivity contribution in [2.24, 2.45) is 5.92 Å². The molecule has 1 aromatic heterocycles. The van der Waals surface area contributed by atoms with Crippen LogP contribution >= 0.6 is 0 Å². The number of piperidine rings is 1. The summed E-state index contributed by atoms with van der Waals surface area (Å²) in [4.78, 5) is 21.7. The first kappa shape index (κ1) is 20.1. The van der Waals surface area contributed by atoms with Gasteiger partial charge < -0.3 is 19.9 Å². The highest BCUT2D eigenvalue weighted by Gasteiger charge is 2.19. The zero-order valence-electron chi connectivity index (χ0n) is 17.2. The van der Waals surface area contributed by atoms with Crippen molar-refractivity contribution in [1.29, 1.82) is 0 Å². The normalized spacial score (nSPS) is 16.9. The van der Waals surface area contributed by atoms with Gasteiger partial charge in [-0.1, -0.05) is 13.0 Å². The van der Waals surface area contributed by atoms with Crippen LogP contribution in [0.15, 0.2) is 36.5 Å². The summed E-state index contributed by atoms with van der Waals surface area (Å²) in [6.07, 6.45) is 4.12. The summed E-state index contributed by atoms with van der Waals surface area (Å²) < 4.78 is 5.42. The van der Waals surface area contributed by atoms with Crippen LogP contribution in [-0.4, -0.2) is 50.1 Å². The molecule has 1 unspecified atom stereocenters. The Kier molecular flexibility index (Phi) is 6.52. The maximum absolute atomic E-state index is 12.9. The molecular weight excluding hydrogens is 352 g/mol. The van der Waals surface area contributed by atoms with E-state index in [1.54, 1.807) is 19.4 Å². The van der Waals surface area contributed by atoms with Gasteiger partial charge in [-0.05, 0) is 62.7 Å². The first-order valence-corrected chi connectivity index (χ1v) is 9.80. The molecule has 28 heavy (non-hydrogen) atoms. The van der Waals surface area contributed by atoms with E-state index in [4.69, 9.17) is 4.74 Å². The monoisotopic (exact) mass is 382 g/mol. The van der Waals surface area contributed by atoms with Crippen molar-refractivity contribution in [2.45, 2.75) is 26.3 Å². The van der Waals surface area contributed by atoms with Crippen molar-refractivity contribution in [2.75, 3.05) is 44.5 Å². The Hall–Kier alpha value is -2.60. The third kappa shape index (κ3) is 5.01. The molecule has 0 bridgehead atoms. The first-order valence-electron chi connectivity index (χ1n) is 9.80. The number of pyridine rings is 1. The van der Waals surface area contributed by atoms with Gasteiger partial charge in [0.1, 0.15) is 11.6 Å². The molecule has 1 amide bonds. The van der Waals surface area contributed by atoms with Gasteiger partial charge >= 0.3 is 0 Å². The van der Waals surface area contributed by atoms with Gasteiger partial charge in [-0.3, -0.25) is 4.79 Å². The average molecular weight is 383 g/mol. The van der Waals surface area contributed by atoms with Crippen molar-refractivity contribution in [3.8, 4) is 5.75 Å². The third-order valence-electron chi connectivity index (χ3n) is 5.00. The number of methoxy groups -OCH3 is 1. The number of carbonyl (C=O) groups is 1. The molecule has 1 N–H and O–H groups in total. The van der Waals surface area contributed by atoms with Crippen LogP contribution in [0, 0.1) is 5.92 Å². The lowest BCUT2D eigenvalue weighted by atomic mass is 10.0. The Morgan fingerprint density at radius 1 is 1.32 bits per heavy atom. The Morgan fingerprint density at radius 2 is 2.14 bits per heavy atom. The highest BCUT2D eigenvalue weighted by Crippen LogP contribution is 2.27. The predicted molar refractivity (Wildman–Crippen MR) is 113 cm³/mol. The summed E-state index contributed by atoms with van der Waals surface area (Å²) in [6.45, 7) is 5.02. The number of nitrogens with one attached hydrogen (secondary N) is 1. The van der Waals surface area contributed by atoms with Crippen LogP contribution in [0.5, 0.6) is 5.75 Å². The maximum atomic E-state index is 12.9. The fourth-order valence-electron chi connectivity index (χ4n) is 3.64. The molecule has 3 rings (SSSR count). The number of benzene rings is 1. The SMILES string of the molecule is COc1ccc(CN(C)C)cc1NC(=O)c1ccnc(N2CCCC(C)C2)c1. The number of carbonyl (C=O) groups excluding carboxylic acids is 1. The molecule has 2 aromatic rings. The zero-order valence-corrected chi connectivity index (χ0v) is 17.2. The Bertz CT molecular complexity index is 822. The third-order valence-corrected chi connectivity index (χ3v) is 5.00. The van der Waals surface area contributed by atoms with E-state index in [1.165, 1.54) is 6.42 Å². The van der Waals surface area contributed by atoms with E-state index in [-0.39, 0.29) is 5.91 Å². The molecule has 6 heteroatoms. The molecule has 0 aliphatic carbocycles. The van der Waals surface area contributed by atoms with Gasteiger partial charge in [0.05, 0.1) is 12.8 Å². The number of anilines is 2. The highest BCUT2D eigenvalue weighted by atomic mass is 16.5. The van der Waals surface area contributed by atoms with Gasteiger partial charge in [0.15, 0.2) is 0 Å². The minimum Gasteiger partial charge on any atom is -0.495 e. The summed E-state index contributed by atoms with van der Waals surface area (Å²) in [6, 6.07) is 9.50. The largest absolute Gasteiger partial charge is 0.495 e. The van der Waals surface area contributed by atoms with Crippen LogP contribution in [0.2, 0.25) is 0 Å². The van der Waals surface area contributed by atoms with E-state index in [9.17, 15) is 4.79 Å². The molecule has 6 nitrogen and oxygen atoms in total. The quantitative estimate of drug-likeness (QED) is 0.827. The van der Waals surface area contributed by atoms with E-state index in [0.29, 0.717) is 22.9 Å². The van der Waals surface area contributed by atoms with Crippen molar-refractivity contribution in [3.05, 3.63) is 47.7 Å². The lowest BCUT2D eigenvalue weighted by Crippen LogP contribution is -2.34. The fraction of sp³-hybridized carbons (Fsp3) is 0.455. The van der Waals surface area contributed by atoms with E-state index in [2.05, 4.69) is 27.0 Å². The van der Waals surface area contributed by atoms with Crippen molar-refractivity contribution in [3.63, 3.8) is 0 Å². The van der Waals surface area contributed by atoms with Gasteiger partial charge in [-0.15, -0.1) is 0 Å². The minimum absolute atomic E-state index is 0.158.